The number of aryl methyl sites for hydroxylation is 2. The van der Waals surface area contributed by atoms with Crippen molar-refractivity contribution in [3.8, 4) is 5.69 Å². The molecule has 3 heterocycles. The van der Waals surface area contributed by atoms with Gasteiger partial charge < -0.3 is 10.6 Å². The number of benzene rings is 1. The molecule has 2 aromatic heterocycles. The second kappa shape index (κ2) is 9.45. The molecule has 1 amide bonds. The van der Waals surface area contributed by atoms with Crippen LogP contribution in [0.5, 0.6) is 0 Å². The molecule has 160 valence electrons. The number of rotatable bonds is 5. The molecule has 0 radical (unpaired) electrons. The van der Waals surface area contributed by atoms with Crippen LogP contribution in [0.2, 0.25) is 0 Å². The molecule has 0 spiro atoms. The molecule has 1 aliphatic rings. The standard InChI is InChI=1S/C22H28N6O.ClH/c1-15-13-16(2)28(25-15)19-8-6-18(7-9-19)17(3)24-22(29)21-10-12-27(26-21)20-5-4-11-23-14-20;/h6-10,12-13,17,20,23H,4-5,11,14H2,1-3H3,(H,24,29);1H. The number of hydrogen-bond acceptors (Lipinski definition) is 4. The molecule has 1 saturated heterocycles. The number of hydrogen-bond donors (Lipinski definition) is 2. The van der Waals surface area contributed by atoms with Crippen LogP contribution < -0.4 is 10.6 Å². The van der Waals surface area contributed by atoms with Crippen LogP contribution in [0.1, 0.15) is 59.3 Å². The third kappa shape index (κ3) is 4.74. The highest BCUT2D eigenvalue weighted by atomic mass is 35.5. The summed E-state index contributed by atoms with van der Waals surface area (Å²) in [7, 11) is 0. The Bertz CT molecular complexity index is 987. The molecule has 30 heavy (non-hydrogen) atoms. The molecule has 2 N–H and O–H groups in total. The maximum Gasteiger partial charge on any atom is 0.272 e. The van der Waals surface area contributed by atoms with Crippen molar-refractivity contribution in [3.05, 3.63) is 65.2 Å². The van der Waals surface area contributed by atoms with E-state index in [0.717, 1.165) is 48.6 Å². The summed E-state index contributed by atoms with van der Waals surface area (Å²) in [6.45, 7) is 7.97. The fraction of sp³-hybridized carbons (Fsp3) is 0.409. The molecule has 1 aromatic carbocycles. The third-order valence-electron chi connectivity index (χ3n) is 5.48. The summed E-state index contributed by atoms with van der Waals surface area (Å²) in [5.74, 6) is -0.150. The van der Waals surface area contributed by atoms with Gasteiger partial charge >= 0.3 is 0 Å². The molecule has 8 heteroatoms. The van der Waals surface area contributed by atoms with Crippen molar-refractivity contribution in [1.29, 1.82) is 0 Å². The summed E-state index contributed by atoms with van der Waals surface area (Å²) in [6.07, 6.45) is 4.13. The van der Waals surface area contributed by atoms with Crippen molar-refractivity contribution in [3.63, 3.8) is 0 Å². The van der Waals surface area contributed by atoms with Crippen LogP contribution in [0, 0.1) is 13.8 Å². The van der Waals surface area contributed by atoms with Crippen molar-refractivity contribution in [2.75, 3.05) is 13.1 Å². The van der Waals surface area contributed by atoms with Crippen molar-refractivity contribution < 1.29 is 4.79 Å². The van der Waals surface area contributed by atoms with Crippen LogP contribution in [0.15, 0.2) is 42.6 Å². The summed E-state index contributed by atoms with van der Waals surface area (Å²) >= 11 is 0. The molecular formula is C22H29ClN6O. The first-order valence-electron chi connectivity index (χ1n) is 10.2. The zero-order valence-corrected chi connectivity index (χ0v) is 18.4. The van der Waals surface area contributed by atoms with Gasteiger partial charge in [0.15, 0.2) is 0 Å². The Kier molecular flexibility index (Phi) is 6.95. The van der Waals surface area contributed by atoms with Crippen LogP contribution in [-0.2, 0) is 0 Å². The molecule has 1 aliphatic heterocycles. The van der Waals surface area contributed by atoms with E-state index in [1.165, 1.54) is 0 Å². The summed E-state index contributed by atoms with van der Waals surface area (Å²) in [4.78, 5) is 12.6. The van der Waals surface area contributed by atoms with Gasteiger partial charge in [0.2, 0.25) is 0 Å². The number of halogens is 1. The zero-order chi connectivity index (χ0) is 20.4. The lowest BCUT2D eigenvalue weighted by Crippen LogP contribution is -2.32. The number of aromatic nitrogens is 4. The van der Waals surface area contributed by atoms with Gasteiger partial charge in [0.25, 0.3) is 5.91 Å². The Morgan fingerprint density at radius 3 is 2.60 bits per heavy atom. The van der Waals surface area contributed by atoms with E-state index in [0.29, 0.717) is 11.7 Å². The lowest BCUT2D eigenvalue weighted by molar-refractivity contribution is 0.0933. The zero-order valence-electron chi connectivity index (χ0n) is 17.6. The number of nitrogens with one attached hydrogen (secondary N) is 2. The van der Waals surface area contributed by atoms with Gasteiger partial charge in [0.05, 0.1) is 23.5 Å². The topological polar surface area (TPSA) is 76.8 Å². The minimum absolute atomic E-state index is 0. The molecule has 0 bridgehead atoms. The van der Waals surface area contributed by atoms with Crippen molar-refractivity contribution >= 4 is 18.3 Å². The van der Waals surface area contributed by atoms with Gasteiger partial charge in [-0.3, -0.25) is 9.48 Å². The Morgan fingerprint density at radius 2 is 1.97 bits per heavy atom. The molecule has 1 fully saturated rings. The number of nitrogens with zero attached hydrogens (tertiary/aromatic N) is 4. The van der Waals surface area contributed by atoms with Crippen molar-refractivity contribution in [1.82, 2.24) is 30.2 Å². The van der Waals surface area contributed by atoms with Crippen LogP contribution in [0.3, 0.4) is 0 Å². The third-order valence-corrected chi connectivity index (χ3v) is 5.48. The lowest BCUT2D eigenvalue weighted by atomic mass is 10.1. The van der Waals surface area contributed by atoms with E-state index < -0.39 is 0 Å². The summed E-state index contributed by atoms with van der Waals surface area (Å²) in [6, 6.07) is 12.2. The van der Waals surface area contributed by atoms with Crippen LogP contribution in [-0.4, -0.2) is 38.6 Å². The highest BCUT2D eigenvalue weighted by Gasteiger charge is 2.19. The quantitative estimate of drug-likeness (QED) is 0.651. The van der Waals surface area contributed by atoms with Gasteiger partial charge in [-0.05, 0) is 70.0 Å². The monoisotopic (exact) mass is 428 g/mol. The van der Waals surface area contributed by atoms with Crippen LogP contribution in [0.25, 0.3) is 5.69 Å². The van der Waals surface area contributed by atoms with Gasteiger partial charge in [-0.25, -0.2) is 4.68 Å². The predicted molar refractivity (Wildman–Crippen MR) is 120 cm³/mol. The van der Waals surface area contributed by atoms with Gasteiger partial charge in [-0.2, -0.15) is 10.2 Å². The van der Waals surface area contributed by atoms with Crippen LogP contribution >= 0.6 is 12.4 Å². The molecule has 4 rings (SSSR count). The van der Waals surface area contributed by atoms with E-state index in [2.05, 4.69) is 26.9 Å². The SMILES string of the molecule is Cc1cc(C)n(-c2ccc(C(C)NC(=O)c3ccn(C4CCCNC4)n3)cc2)n1.Cl. The average Bonchev–Trinajstić information content (AvgIpc) is 3.35. The molecule has 3 aromatic rings. The maximum absolute atomic E-state index is 12.6. The molecule has 0 saturated carbocycles. The normalized spacial score (nSPS) is 17.2. The molecule has 2 unspecified atom stereocenters. The Balaban J connectivity index is 0.00000256. The number of amides is 1. The minimum atomic E-state index is -0.150. The van der Waals surface area contributed by atoms with Gasteiger partial charge in [-0.1, -0.05) is 12.1 Å². The highest BCUT2D eigenvalue weighted by Crippen LogP contribution is 2.19. The molecule has 2 atom stereocenters. The van der Waals surface area contributed by atoms with Gasteiger partial charge in [0, 0.05) is 18.4 Å². The molecule has 7 nitrogen and oxygen atoms in total. The maximum atomic E-state index is 12.6. The Morgan fingerprint density at radius 1 is 1.20 bits per heavy atom. The average molecular weight is 429 g/mol. The fourth-order valence-electron chi connectivity index (χ4n) is 3.87. The number of carbonyl (C=O) groups excluding carboxylic acids is 1. The minimum Gasteiger partial charge on any atom is -0.344 e. The van der Waals surface area contributed by atoms with E-state index in [9.17, 15) is 4.79 Å². The lowest BCUT2D eigenvalue weighted by Gasteiger charge is -2.22. The Labute approximate surface area is 183 Å². The summed E-state index contributed by atoms with van der Waals surface area (Å²) < 4.78 is 3.84. The molecule has 0 aliphatic carbocycles. The second-order valence-corrected chi connectivity index (χ2v) is 7.81. The number of carbonyl (C=O) groups is 1. The van der Waals surface area contributed by atoms with Crippen molar-refractivity contribution in [2.24, 2.45) is 0 Å². The van der Waals surface area contributed by atoms with E-state index in [4.69, 9.17) is 0 Å². The smallest absolute Gasteiger partial charge is 0.272 e. The Hall–Kier alpha value is -2.64. The van der Waals surface area contributed by atoms with Crippen LogP contribution in [0.4, 0.5) is 0 Å². The fourth-order valence-corrected chi connectivity index (χ4v) is 3.87. The summed E-state index contributed by atoms with van der Waals surface area (Å²) in [5, 5.41) is 15.4. The number of piperidine rings is 1. The highest BCUT2D eigenvalue weighted by molar-refractivity contribution is 5.92. The van der Waals surface area contributed by atoms with E-state index >= 15 is 0 Å². The molecular weight excluding hydrogens is 400 g/mol. The largest absolute Gasteiger partial charge is 0.344 e. The second-order valence-electron chi connectivity index (χ2n) is 7.81. The van der Waals surface area contributed by atoms with Gasteiger partial charge in [-0.15, -0.1) is 12.4 Å². The first kappa shape index (κ1) is 22.1. The van der Waals surface area contributed by atoms with E-state index in [1.807, 2.05) is 60.6 Å². The van der Waals surface area contributed by atoms with Crippen molar-refractivity contribution in [2.45, 2.75) is 45.7 Å². The predicted octanol–water partition coefficient (Wildman–Crippen LogP) is 3.52. The summed E-state index contributed by atoms with van der Waals surface area (Å²) in [5.41, 5.74) is 4.61. The first-order valence-corrected chi connectivity index (χ1v) is 10.2. The van der Waals surface area contributed by atoms with E-state index in [-0.39, 0.29) is 24.4 Å². The van der Waals surface area contributed by atoms with E-state index in [1.54, 1.807) is 6.07 Å². The van der Waals surface area contributed by atoms with Gasteiger partial charge in [0.1, 0.15) is 5.69 Å². The first-order chi connectivity index (χ1) is 14.0.